The van der Waals surface area contributed by atoms with Gasteiger partial charge in [0.15, 0.2) is 5.78 Å². The molecule has 0 fully saturated rings. The second-order valence-corrected chi connectivity index (χ2v) is 5.69. The van der Waals surface area contributed by atoms with Crippen molar-refractivity contribution in [1.29, 1.82) is 0 Å². The molecular weight excluding hydrogens is 280 g/mol. The Kier molecular flexibility index (Phi) is 3.76. The number of hydrogen-bond acceptors (Lipinski definition) is 1. The monoisotopic (exact) mass is 294 g/mol. The summed E-state index contributed by atoms with van der Waals surface area (Å²) in [4.78, 5) is 12.5. The Morgan fingerprint density at radius 2 is 1.76 bits per heavy atom. The van der Waals surface area contributed by atoms with E-state index in [4.69, 9.17) is 11.6 Å². The Hall–Kier alpha value is -2.12. The summed E-state index contributed by atoms with van der Waals surface area (Å²) in [6.45, 7) is 1.95. The molecule has 0 saturated carbocycles. The van der Waals surface area contributed by atoms with Gasteiger partial charge in [-0.25, -0.2) is 0 Å². The third kappa shape index (κ3) is 2.98. The molecule has 3 aromatic rings. The number of ketones is 1. The van der Waals surface area contributed by atoms with Crippen LogP contribution in [0.5, 0.6) is 0 Å². The second-order valence-electron chi connectivity index (χ2n) is 5.26. The molecule has 0 saturated heterocycles. The number of carbonyl (C=O) groups excluding carboxylic acids is 1. The highest BCUT2D eigenvalue weighted by Crippen LogP contribution is 2.21. The zero-order chi connectivity index (χ0) is 14.8. The molecule has 0 aliphatic carbocycles. The lowest BCUT2D eigenvalue weighted by Gasteiger charge is -2.07. The average molecular weight is 295 g/mol. The first-order valence-electron chi connectivity index (χ1n) is 6.90. The number of rotatable bonds is 3. The predicted octanol–water partition coefficient (Wildman–Crippen LogP) is 5.23. The van der Waals surface area contributed by atoms with E-state index in [0.717, 1.165) is 21.9 Å². The molecule has 104 valence electrons. The van der Waals surface area contributed by atoms with Crippen LogP contribution in [0.4, 0.5) is 0 Å². The molecule has 0 bridgehead atoms. The van der Waals surface area contributed by atoms with Crippen LogP contribution in [0.3, 0.4) is 0 Å². The van der Waals surface area contributed by atoms with Gasteiger partial charge in [0.1, 0.15) is 0 Å². The van der Waals surface area contributed by atoms with Crippen molar-refractivity contribution < 1.29 is 4.79 Å². The molecule has 21 heavy (non-hydrogen) atoms. The maximum Gasteiger partial charge on any atom is 0.167 e. The van der Waals surface area contributed by atoms with E-state index >= 15 is 0 Å². The quantitative estimate of drug-likeness (QED) is 0.605. The van der Waals surface area contributed by atoms with Crippen molar-refractivity contribution >= 4 is 28.2 Å². The summed E-state index contributed by atoms with van der Waals surface area (Å²) in [5, 5.41) is 2.90. The fourth-order valence-electron chi connectivity index (χ4n) is 2.62. The van der Waals surface area contributed by atoms with Crippen molar-refractivity contribution in [3.05, 3.63) is 82.4 Å². The zero-order valence-corrected chi connectivity index (χ0v) is 12.5. The highest BCUT2D eigenvalue weighted by atomic mass is 35.5. The average Bonchev–Trinajstić information content (AvgIpc) is 2.46. The molecular formula is C19H15ClO. The van der Waals surface area contributed by atoms with Gasteiger partial charge in [0, 0.05) is 17.0 Å². The number of hydrogen-bond donors (Lipinski definition) is 0. The fourth-order valence-corrected chi connectivity index (χ4v) is 2.91. The van der Waals surface area contributed by atoms with Crippen LogP contribution in [0, 0.1) is 6.92 Å². The highest BCUT2D eigenvalue weighted by molar-refractivity contribution is 6.31. The number of Topliss-reactive ketones (excluding diaryl/α,β-unsaturated/α-hetero) is 1. The minimum absolute atomic E-state index is 0.0944. The Labute approximate surface area is 129 Å². The molecule has 0 aromatic heterocycles. The van der Waals surface area contributed by atoms with E-state index in [0.29, 0.717) is 17.0 Å². The molecule has 0 atom stereocenters. The topological polar surface area (TPSA) is 17.1 Å². The van der Waals surface area contributed by atoms with E-state index in [-0.39, 0.29) is 5.78 Å². The molecule has 0 N–H and O–H groups in total. The van der Waals surface area contributed by atoms with Crippen LogP contribution in [0.25, 0.3) is 10.8 Å². The zero-order valence-electron chi connectivity index (χ0n) is 11.8. The van der Waals surface area contributed by atoms with Crippen LogP contribution in [-0.2, 0) is 6.42 Å². The van der Waals surface area contributed by atoms with Crippen LogP contribution < -0.4 is 0 Å². The summed E-state index contributed by atoms with van der Waals surface area (Å²) in [7, 11) is 0. The van der Waals surface area contributed by atoms with Gasteiger partial charge in [0.05, 0.1) is 0 Å². The van der Waals surface area contributed by atoms with Crippen LogP contribution >= 0.6 is 11.6 Å². The Bertz CT molecular complexity index is 795. The molecule has 0 spiro atoms. The summed E-state index contributed by atoms with van der Waals surface area (Å²) in [6.07, 6.45) is 0.390. The van der Waals surface area contributed by atoms with E-state index < -0.39 is 0 Å². The van der Waals surface area contributed by atoms with Crippen LogP contribution in [0.2, 0.25) is 5.02 Å². The van der Waals surface area contributed by atoms with Crippen molar-refractivity contribution in [3.8, 4) is 0 Å². The van der Waals surface area contributed by atoms with Gasteiger partial charge in [0.2, 0.25) is 0 Å². The number of halogens is 1. The lowest BCUT2D eigenvalue weighted by atomic mass is 9.97. The largest absolute Gasteiger partial charge is 0.294 e. The van der Waals surface area contributed by atoms with Crippen molar-refractivity contribution in [1.82, 2.24) is 0 Å². The summed E-state index contributed by atoms with van der Waals surface area (Å²) >= 11 is 6.04. The smallest absolute Gasteiger partial charge is 0.167 e. The van der Waals surface area contributed by atoms with E-state index in [1.54, 1.807) is 6.07 Å². The molecule has 2 heteroatoms. The Balaban J connectivity index is 1.96. The fraction of sp³-hybridized carbons (Fsp3) is 0.105. The molecule has 0 unspecified atom stereocenters. The minimum atomic E-state index is 0.0944. The van der Waals surface area contributed by atoms with Crippen LogP contribution in [0.1, 0.15) is 21.5 Å². The van der Waals surface area contributed by atoms with E-state index in [1.165, 1.54) is 0 Å². The molecule has 0 aliphatic rings. The van der Waals surface area contributed by atoms with E-state index in [9.17, 15) is 4.79 Å². The first kappa shape index (κ1) is 13.8. The number of fused-ring (bicyclic) bond motifs is 1. The van der Waals surface area contributed by atoms with E-state index in [2.05, 4.69) is 18.2 Å². The van der Waals surface area contributed by atoms with Crippen LogP contribution in [-0.4, -0.2) is 5.78 Å². The number of aryl methyl sites for hydroxylation is 1. The number of benzene rings is 3. The van der Waals surface area contributed by atoms with Gasteiger partial charge < -0.3 is 0 Å². The highest BCUT2D eigenvalue weighted by Gasteiger charge is 2.10. The van der Waals surface area contributed by atoms with Crippen molar-refractivity contribution in [2.45, 2.75) is 13.3 Å². The molecule has 3 rings (SSSR count). The lowest BCUT2D eigenvalue weighted by Crippen LogP contribution is -2.04. The molecule has 0 aliphatic heterocycles. The third-order valence-corrected chi connectivity index (χ3v) is 3.81. The van der Waals surface area contributed by atoms with Gasteiger partial charge in [-0.05, 0) is 47.0 Å². The van der Waals surface area contributed by atoms with Gasteiger partial charge >= 0.3 is 0 Å². The normalized spacial score (nSPS) is 10.8. The minimum Gasteiger partial charge on any atom is -0.294 e. The summed E-state index contributed by atoms with van der Waals surface area (Å²) in [6, 6.07) is 19.7. The molecule has 3 aromatic carbocycles. The van der Waals surface area contributed by atoms with Gasteiger partial charge in [-0.1, -0.05) is 54.1 Å². The summed E-state index contributed by atoms with van der Waals surface area (Å²) in [5.41, 5.74) is 2.73. The van der Waals surface area contributed by atoms with Crippen molar-refractivity contribution in [3.63, 3.8) is 0 Å². The first-order valence-corrected chi connectivity index (χ1v) is 7.28. The standard InChI is InChI=1S/C19H15ClO/c1-13-9-16(11-17(20)10-13)19(21)12-15-7-4-6-14-5-2-3-8-18(14)15/h2-11H,12H2,1H3. The summed E-state index contributed by atoms with van der Waals surface area (Å²) in [5.74, 6) is 0.0944. The third-order valence-electron chi connectivity index (χ3n) is 3.60. The van der Waals surface area contributed by atoms with Crippen LogP contribution in [0.15, 0.2) is 60.7 Å². The molecule has 0 heterocycles. The lowest BCUT2D eigenvalue weighted by molar-refractivity contribution is 0.0993. The van der Waals surface area contributed by atoms with Gasteiger partial charge in [0.25, 0.3) is 0 Å². The van der Waals surface area contributed by atoms with Gasteiger partial charge in [-0.2, -0.15) is 0 Å². The van der Waals surface area contributed by atoms with Gasteiger partial charge in [-0.15, -0.1) is 0 Å². The van der Waals surface area contributed by atoms with E-state index in [1.807, 2.05) is 43.3 Å². The molecule has 0 amide bonds. The maximum atomic E-state index is 12.5. The Morgan fingerprint density at radius 1 is 1.00 bits per heavy atom. The SMILES string of the molecule is Cc1cc(Cl)cc(C(=O)Cc2cccc3ccccc23)c1. The van der Waals surface area contributed by atoms with Crippen molar-refractivity contribution in [2.75, 3.05) is 0 Å². The van der Waals surface area contributed by atoms with Gasteiger partial charge in [-0.3, -0.25) is 4.79 Å². The Morgan fingerprint density at radius 3 is 2.57 bits per heavy atom. The first-order chi connectivity index (χ1) is 10.1. The van der Waals surface area contributed by atoms with Crippen molar-refractivity contribution in [2.24, 2.45) is 0 Å². The predicted molar refractivity (Wildman–Crippen MR) is 88.2 cm³/mol. The maximum absolute atomic E-state index is 12.5. The summed E-state index contributed by atoms with van der Waals surface area (Å²) < 4.78 is 0. The number of carbonyl (C=O) groups is 1. The molecule has 0 radical (unpaired) electrons. The second kappa shape index (κ2) is 5.71. The molecule has 1 nitrogen and oxygen atoms in total.